The van der Waals surface area contributed by atoms with Crippen LogP contribution in [-0.4, -0.2) is 0 Å². The first kappa shape index (κ1) is 11.1. The van der Waals surface area contributed by atoms with Gasteiger partial charge in [0, 0.05) is 26.8 Å². The van der Waals surface area contributed by atoms with Crippen molar-refractivity contribution in [3.63, 3.8) is 0 Å². The zero-order valence-electron chi connectivity index (χ0n) is 6.07. The zero-order chi connectivity index (χ0) is 9.84. The van der Waals surface area contributed by atoms with E-state index in [1.807, 2.05) is 21.2 Å². The minimum absolute atomic E-state index is 0.281. The van der Waals surface area contributed by atoms with Crippen LogP contribution in [0.15, 0.2) is 12.1 Å². The van der Waals surface area contributed by atoms with E-state index in [-0.39, 0.29) is 5.56 Å². The molecule has 1 rings (SSSR count). The van der Waals surface area contributed by atoms with Gasteiger partial charge < -0.3 is 0 Å². The summed E-state index contributed by atoms with van der Waals surface area (Å²) in [6.07, 6.45) is 0. The quantitative estimate of drug-likeness (QED) is 0.393. The molecule has 0 radical (unpaired) electrons. The fourth-order valence-corrected chi connectivity index (χ4v) is 1.30. The third-order valence-electron chi connectivity index (χ3n) is 1.22. The van der Waals surface area contributed by atoms with Crippen molar-refractivity contribution in [3.8, 4) is 11.2 Å². The molecule has 0 N–H and O–H groups in total. The molecule has 0 aliphatic rings. The molecule has 1 aromatic carbocycles. The SMILES string of the molecule is Fc1cc(C#CSI)cc(F)c1Cl. The Bertz CT molecular complexity index is 360. The summed E-state index contributed by atoms with van der Waals surface area (Å²) in [4.78, 5) is 0. The normalized spacial score (nSPS) is 9.23. The Morgan fingerprint density at radius 3 is 2.31 bits per heavy atom. The topological polar surface area (TPSA) is 0 Å². The van der Waals surface area contributed by atoms with Crippen LogP contribution < -0.4 is 0 Å². The monoisotopic (exact) mass is 330 g/mol. The van der Waals surface area contributed by atoms with Gasteiger partial charge in [-0.3, -0.25) is 0 Å². The van der Waals surface area contributed by atoms with Crippen LogP contribution in [0.1, 0.15) is 5.56 Å². The van der Waals surface area contributed by atoms with Crippen molar-refractivity contribution in [2.75, 3.05) is 0 Å². The minimum atomic E-state index is -0.788. The van der Waals surface area contributed by atoms with Crippen molar-refractivity contribution in [3.05, 3.63) is 34.4 Å². The lowest BCUT2D eigenvalue weighted by Gasteiger charge is -1.96. The second-order valence-corrected chi connectivity index (χ2v) is 4.12. The van der Waals surface area contributed by atoms with E-state index in [2.05, 4.69) is 11.2 Å². The number of rotatable bonds is 0. The summed E-state index contributed by atoms with van der Waals surface area (Å²) in [6.45, 7) is 0. The lowest BCUT2D eigenvalue weighted by atomic mass is 10.2. The number of benzene rings is 1. The fraction of sp³-hybridized carbons (Fsp3) is 0. The molecule has 0 saturated carbocycles. The predicted molar refractivity (Wildman–Crippen MR) is 59.9 cm³/mol. The lowest BCUT2D eigenvalue weighted by Crippen LogP contribution is -1.86. The first-order valence-electron chi connectivity index (χ1n) is 3.08. The van der Waals surface area contributed by atoms with Gasteiger partial charge in [-0.1, -0.05) is 17.5 Å². The highest BCUT2D eigenvalue weighted by molar-refractivity contribution is 14.2. The van der Waals surface area contributed by atoms with E-state index in [0.717, 1.165) is 12.1 Å². The molecular formula is C8H2ClF2IS. The summed E-state index contributed by atoms with van der Waals surface area (Å²) >= 11 is 7.25. The van der Waals surface area contributed by atoms with Crippen molar-refractivity contribution in [2.45, 2.75) is 0 Å². The molecule has 5 heteroatoms. The van der Waals surface area contributed by atoms with Crippen molar-refractivity contribution in [2.24, 2.45) is 0 Å². The maximum Gasteiger partial charge on any atom is 0.146 e. The molecular weight excluding hydrogens is 329 g/mol. The molecule has 0 heterocycles. The fourth-order valence-electron chi connectivity index (χ4n) is 0.706. The van der Waals surface area contributed by atoms with Crippen LogP contribution in [0.2, 0.25) is 5.02 Å². The molecule has 0 fully saturated rings. The average molecular weight is 331 g/mol. The van der Waals surface area contributed by atoms with Gasteiger partial charge >= 0.3 is 0 Å². The predicted octanol–water partition coefficient (Wildman–Crippen LogP) is 4.01. The standard InChI is InChI=1S/C8H2ClF2IS/c9-8-6(10)3-5(1-2-13-12)4-7(8)11/h3-4H. The lowest BCUT2D eigenvalue weighted by molar-refractivity contribution is 0.583. The molecule has 0 aromatic heterocycles. The molecule has 68 valence electrons. The third kappa shape index (κ3) is 3.01. The van der Waals surface area contributed by atoms with E-state index in [1.165, 1.54) is 8.93 Å². The van der Waals surface area contributed by atoms with Gasteiger partial charge in [0.05, 0.1) is 0 Å². The van der Waals surface area contributed by atoms with Crippen molar-refractivity contribution >= 4 is 41.7 Å². The first-order chi connectivity index (χ1) is 6.15. The first-order valence-corrected chi connectivity index (χ1v) is 6.82. The van der Waals surface area contributed by atoms with E-state index >= 15 is 0 Å². The zero-order valence-corrected chi connectivity index (χ0v) is 9.80. The van der Waals surface area contributed by atoms with Crippen LogP contribution in [0.25, 0.3) is 0 Å². The summed E-state index contributed by atoms with van der Waals surface area (Å²) in [6, 6.07) is 2.20. The molecule has 0 saturated heterocycles. The molecule has 0 aliphatic heterocycles. The van der Waals surface area contributed by atoms with E-state index in [1.54, 1.807) is 0 Å². The minimum Gasteiger partial charge on any atom is -0.205 e. The van der Waals surface area contributed by atoms with Crippen LogP contribution >= 0.6 is 41.7 Å². The number of hydrogen-bond donors (Lipinski definition) is 0. The van der Waals surface area contributed by atoms with Gasteiger partial charge in [0.1, 0.15) is 16.7 Å². The summed E-state index contributed by atoms with van der Waals surface area (Å²) in [5.41, 5.74) is 0.281. The summed E-state index contributed by atoms with van der Waals surface area (Å²) in [7, 11) is 1.24. The van der Waals surface area contributed by atoms with Gasteiger partial charge in [-0.25, -0.2) is 8.78 Å². The van der Waals surface area contributed by atoms with Gasteiger partial charge in [-0.2, -0.15) is 0 Å². The van der Waals surface area contributed by atoms with Gasteiger partial charge in [0.25, 0.3) is 0 Å². The van der Waals surface area contributed by atoms with Crippen LogP contribution in [0.3, 0.4) is 0 Å². The highest BCUT2D eigenvalue weighted by Crippen LogP contribution is 2.20. The Morgan fingerprint density at radius 2 is 1.85 bits per heavy atom. The van der Waals surface area contributed by atoms with E-state index in [0.29, 0.717) is 0 Å². The van der Waals surface area contributed by atoms with E-state index in [4.69, 9.17) is 11.6 Å². The third-order valence-corrected chi connectivity index (χ3v) is 2.42. The molecule has 0 aliphatic carbocycles. The maximum atomic E-state index is 12.8. The maximum absolute atomic E-state index is 12.8. The molecule has 0 amide bonds. The second-order valence-electron chi connectivity index (χ2n) is 2.06. The van der Waals surface area contributed by atoms with Gasteiger partial charge in [0.2, 0.25) is 0 Å². The largest absolute Gasteiger partial charge is 0.205 e. The Balaban J connectivity index is 3.13. The Kier molecular flexibility index (Phi) is 4.29. The number of halogens is 4. The molecule has 0 unspecified atom stereocenters. The summed E-state index contributed by atoms with van der Waals surface area (Å²) in [5, 5.41) is 2.12. The molecule has 13 heavy (non-hydrogen) atoms. The van der Waals surface area contributed by atoms with E-state index < -0.39 is 16.7 Å². The average Bonchev–Trinajstić information content (AvgIpc) is 2.10. The van der Waals surface area contributed by atoms with Gasteiger partial charge in [-0.15, -0.1) is 0 Å². The number of hydrogen-bond acceptors (Lipinski definition) is 1. The van der Waals surface area contributed by atoms with Crippen LogP contribution in [-0.2, 0) is 0 Å². The highest BCUT2D eigenvalue weighted by Gasteiger charge is 2.06. The second kappa shape index (κ2) is 5.03. The Hall–Kier alpha value is 0.01000. The van der Waals surface area contributed by atoms with Gasteiger partial charge in [0.15, 0.2) is 0 Å². The van der Waals surface area contributed by atoms with Crippen molar-refractivity contribution in [1.82, 2.24) is 0 Å². The van der Waals surface area contributed by atoms with Crippen LogP contribution in [0, 0.1) is 22.8 Å². The molecule has 0 atom stereocenters. The molecule has 1 aromatic rings. The van der Waals surface area contributed by atoms with E-state index in [9.17, 15) is 8.78 Å². The summed E-state index contributed by atoms with van der Waals surface area (Å²) < 4.78 is 25.6. The summed E-state index contributed by atoms with van der Waals surface area (Å²) in [5.74, 6) is 0.995. The van der Waals surface area contributed by atoms with Crippen LogP contribution in [0.4, 0.5) is 8.78 Å². The van der Waals surface area contributed by atoms with Crippen molar-refractivity contribution < 1.29 is 8.78 Å². The Labute approximate surface area is 95.6 Å². The highest BCUT2D eigenvalue weighted by atomic mass is 127. The molecule has 0 bridgehead atoms. The Morgan fingerprint density at radius 1 is 1.31 bits per heavy atom. The molecule has 0 nitrogen and oxygen atoms in total. The van der Waals surface area contributed by atoms with Crippen molar-refractivity contribution in [1.29, 1.82) is 0 Å². The molecule has 0 spiro atoms. The van der Waals surface area contributed by atoms with Crippen LogP contribution in [0.5, 0.6) is 0 Å². The smallest absolute Gasteiger partial charge is 0.146 e. The van der Waals surface area contributed by atoms with Gasteiger partial charge in [-0.05, 0) is 26.3 Å².